The quantitative estimate of drug-likeness (QED) is 0.594. The Morgan fingerprint density at radius 2 is 2.31 bits per heavy atom. The summed E-state index contributed by atoms with van der Waals surface area (Å²) in [6.45, 7) is 0. The van der Waals surface area contributed by atoms with Gasteiger partial charge >= 0.3 is 5.97 Å². The molecule has 0 fully saturated rings. The van der Waals surface area contributed by atoms with E-state index in [-0.39, 0.29) is 0 Å². The van der Waals surface area contributed by atoms with Gasteiger partial charge in [0.25, 0.3) is 0 Å². The first-order chi connectivity index (χ1) is 6.14. The van der Waals surface area contributed by atoms with Crippen LogP contribution in [-0.4, -0.2) is 21.2 Å². The molecule has 70 valence electrons. The predicted molar refractivity (Wildman–Crippen MR) is 45.3 cm³/mol. The Bertz CT molecular complexity index is 344. The molecule has 0 spiro atoms. The maximum absolute atomic E-state index is 10.9. The molecule has 1 atom stereocenters. The molecule has 0 aromatic carbocycles. The third-order valence-corrected chi connectivity index (χ3v) is 2.62. The van der Waals surface area contributed by atoms with E-state index in [9.17, 15) is 9.90 Å². The Labute approximate surface area is 75.2 Å². The minimum Gasteiger partial charge on any atom is -0.479 e. The highest BCUT2D eigenvalue weighted by Crippen LogP contribution is 2.35. The number of hydrogen-bond acceptors (Lipinski definition) is 2. The average Bonchev–Trinajstić information content (AvgIpc) is 2.53. The van der Waals surface area contributed by atoms with Crippen LogP contribution in [0.4, 0.5) is 0 Å². The van der Waals surface area contributed by atoms with E-state index in [1.54, 1.807) is 12.4 Å². The number of fused-ring (bicyclic) bond motifs is 1. The smallest absolute Gasteiger partial charge is 0.340 e. The van der Waals surface area contributed by atoms with Gasteiger partial charge in [0.1, 0.15) is 0 Å². The molecule has 2 rings (SSSR count). The van der Waals surface area contributed by atoms with Crippen LogP contribution in [0.25, 0.3) is 0 Å². The van der Waals surface area contributed by atoms with Gasteiger partial charge in [-0.1, -0.05) is 0 Å². The minimum absolute atomic E-state index is 0.299. The lowest BCUT2D eigenvalue weighted by Gasteiger charge is -2.27. The number of aromatic amines is 1. The van der Waals surface area contributed by atoms with Crippen LogP contribution in [-0.2, 0) is 16.8 Å². The van der Waals surface area contributed by atoms with Gasteiger partial charge in [0.15, 0.2) is 5.60 Å². The van der Waals surface area contributed by atoms with Gasteiger partial charge in [-0.15, -0.1) is 0 Å². The Morgan fingerprint density at radius 3 is 3.00 bits per heavy atom. The molecule has 1 aliphatic rings. The van der Waals surface area contributed by atoms with Crippen molar-refractivity contribution in [1.29, 1.82) is 0 Å². The van der Waals surface area contributed by atoms with E-state index in [0.717, 1.165) is 12.0 Å². The maximum atomic E-state index is 10.9. The zero-order valence-electron chi connectivity index (χ0n) is 7.08. The average molecular weight is 181 g/mol. The number of aliphatic carboxylic acids is 1. The molecule has 1 aliphatic carbocycles. The summed E-state index contributed by atoms with van der Waals surface area (Å²) in [5.74, 6) is -1.16. The summed E-state index contributed by atoms with van der Waals surface area (Å²) in [5, 5.41) is 18.8. The van der Waals surface area contributed by atoms with Gasteiger partial charge < -0.3 is 15.2 Å². The molecule has 0 amide bonds. The second kappa shape index (κ2) is 2.60. The number of carboxylic acid groups (broad SMARTS) is 1. The number of nitrogens with one attached hydrogen (secondary N) is 1. The minimum atomic E-state index is -1.67. The first-order valence-corrected chi connectivity index (χ1v) is 4.26. The lowest BCUT2D eigenvalue weighted by atomic mass is 9.82. The van der Waals surface area contributed by atoms with Crippen LogP contribution in [0.5, 0.6) is 0 Å². The molecular weight excluding hydrogens is 170 g/mol. The highest BCUT2D eigenvalue weighted by molar-refractivity contribution is 5.80. The molecule has 0 saturated carbocycles. The van der Waals surface area contributed by atoms with Crippen LogP contribution in [0.2, 0.25) is 0 Å². The van der Waals surface area contributed by atoms with Crippen LogP contribution < -0.4 is 0 Å². The number of carboxylic acids is 1. The number of H-pyrrole nitrogens is 1. The van der Waals surface area contributed by atoms with E-state index >= 15 is 0 Å². The fraction of sp³-hybridized carbons (Fsp3) is 0.444. The molecule has 0 saturated heterocycles. The highest BCUT2D eigenvalue weighted by atomic mass is 16.4. The summed E-state index contributed by atoms with van der Waals surface area (Å²) in [7, 11) is 0. The third-order valence-electron chi connectivity index (χ3n) is 2.62. The standard InChI is InChI=1S/C9H11NO3/c11-8(12)9(13)3-1-2-6-4-10-5-7(6)9/h4-5,10,13H,1-3H2,(H,11,12). The highest BCUT2D eigenvalue weighted by Gasteiger charge is 2.41. The Hall–Kier alpha value is -1.29. The maximum Gasteiger partial charge on any atom is 0.340 e. The molecule has 4 nitrogen and oxygen atoms in total. The van der Waals surface area contributed by atoms with Crippen LogP contribution in [0.15, 0.2) is 12.4 Å². The van der Waals surface area contributed by atoms with Gasteiger partial charge in [-0.2, -0.15) is 0 Å². The molecule has 4 heteroatoms. The van der Waals surface area contributed by atoms with Gasteiger partial charge in [-0.05, 0) is 24.8 Å². The van der Waals surface area contributed by atoms with Gasteiger partial charge in [0.2, 0.25) is 0 Å². The largest absolute Gasteiger partial charge is 0.479 e. The van der Waals surface area contributed by atoms with Crippen molar-refractivity contribution >= 4 is 5.97 Å². The summed E-state index contributed by atoms with van der Waals surface area (Å²) >= 11 is 0. The van der Waals surface area contributed by atoms with Gasteiger partial charge in [0, 0.05) is 18.0 Å². The molecule has 0 bridgehead atoms. The van der Waals surface area contributed by atoms with Gasteiger partial charge in [0.05, 0.1) is 0 Å². The Kier molecular flexibility index (Phi) is 1.66. The molecular formula is C9H11NO3. The third kappa shape index (κ3) is 1.06. The fourth-order valence-corrected chi connectivity index (χ4v) is 1.88. The van der Waals surface area contributed by atoms with Crippen molar-refractivity contribution in [3.05, 3.63) is 23.5 Å². The van der Waals surface area contributed by atoms with Crippen molar-refractivity contribution in [2.45, 2.75) is 24.9 Å². The van der Waals surface area contributed by atoms with E-state index < -0.39 is 11.6 Å². The van der Waals surface area contributed by atoms with Crippen LogP contribution >= 0.6 is 0 Å². The fourth-order valence-electron chi connectivity index (χ4n) is 1.88. The lowest BCUT2D eigenvalue weighted by molar-refractivity contribution is -0.161. The number of aromatic nitrogens is 1. The number of carbonyl (C=O) groups is 1. The molecule has 3 N–H and O–H groups in total. The molecule has 1 aromatic heterocycles. The van der Waals surface area contributed by atoms with E-state index in [4.69, 9.17) is 5.11 Å². The van der Waals surface area contributed by atoms with Crippen molar-refractivity contribution in [1.82, 2.24) is 4.98 Å². The first kappa shape index (κ1) is 8.31. The molecule has 0 aliphatic heterocycles. The molecule has 1 unspecified atom stereocenters. The van der Waals surface area contributed by atoms with Crippen molar-refractivity contribution < 1.29 is 15.0 Å². The summed E-state index contributed by atoms with van der Waals surface area (Å²) in [6, 6.07) is 0. The normalized spacial score (nSPS) is 26.8. The second-order valence-electron chi connectivity index (χ2n) is 3.41. The van der Waals surface area contributed by atoms with Crippen molar-refractivity contribution in [2.24, 2.45) is 0 Å². The predicted octanol–water partition coefficient (Wildman–Crippen LogP) is 0.623. The van der Waals surface area contributed by atoms with E-state index in [1.165, 1.54) is 0 Å². The Morgan fingerprint density at radius 1 is 1.54 bits per heavy atom. The summed E-state index contributed by atoms with van der Waals surface area (Å²) < 4.78 is 0. The molecule has 1 aromatic rings. The van der Waals surface area contributed by atoms with Crippen molar-refractivity contribution in [3.63, 3.8) is 0 Å². The zero-order chi connectivity index (χ0) is 9.47. The molecule has 0 radical (unpaired) electrons. The van der Waals surface area contributed by atoms with Gasteiger partial charge in [-0.25, -0.2) is 4.79 Å². The number of aliphatic hydroxyl groups is 1. The van der Waals surface area contributed by atoms with E-state index in [2.05, 4.69) is 4.98 Å². The number of aryl methyl sites for hydroxylation is 1. The monoisotopic (exact) mass is 181 g/mol. The van der Waals surface area contributed by atoms with Crippen LogP contribution in [0, 0.1) is 0 Å². The first-order valence-electron chi connectivity index (χ1n) is 4.26. The zero-order valence-corrected chi connectivity index (χ0v) is 7.08. The summed E-state index contributed by atoms with van der Waals surface area (Å²) in [4.78, 5) is 13.7. The van der Waals surface area contributed by atoms with Gasteiger partial charge in [-0.3, -0.25) is 0 Å². The number of hydrogen-bond donors (Lipinski definition) is 3. The Balaban J connectivity index is 2.51. The summed E-state index contributed by atoms with van der Waals surface area (Å²) in [5.41, 5.74) is -0.240. The van der Waals surface area contributed by atoms with E-state index in [1.807, 2.05) is 0 Å². The molecule has 1 heterocycles. The van der Waals surface area contributed by atoms with Crippen molar-refractivity contribution in [3.8, 4) is 0 Å². The topological polar surface area (TPSA) is 73.3 Å². The number of rotatable bonds is 1. The van der Waals surface area contributed by atoms with Crippen molar-refractivity contribution in [2.75, 3.05) is 0 Å². The lowest BCUT2D eigenvalue weighted by Crippen LogP contribution is -2.38. The SMILES string of the molecule is O=C(O)C1(O)CCCc2c[nH]cc21. The second-order valence-corrected chi connectivity index (χ2v) is 3.41. The summed E-state index contributed by atoms with van der Waals surface area (Å²) in [6.07, 6.45) is 5.18. The van der Waals surface area contributed by atoms with Crippen LogP contribution in [0.3, 0.4) is 0 Å². The van der Waals surface area contributed by atoms with E-state index in [0.29, 0.717) is 18.4 Å². The van der Waals surface area contributed by atoms with Crippen LogP contribution in [0.1, 0.15) is 24.0 Å². The molecule has 13 heavy (non-hydrogen) atoms.